The van der Waals surface area contributed by atoms with E-state index in [0.717, 1.165) is 68.0 Å². The maximum absolute atomic E-state index is 14.7. The molecule has 8 rings (SSSR count). The molecule has 3 fully saturated rings. The summed E-state index contributed by atoms with van der Waals surface area (Å²) in [4.78, 5) is 37.9. The molecular formula is C45H57N3O3. The number of benzene rings is 2. The summed E-state index contributed by atoms with van der Waals surface area (Å²) in [5.74, 6) is 0.0790. The van der Waals surface area contributed by atoms with Crippen LogP contribution in [-0.4, -0.2) is 33.0 Å². The number of carbonyl (C=O) groups is 2. The number of hydrogen-bond acceptors (Lipinski definition) is 4. The Morgan fingerprint density at radius 1 is 0.843 bits per heavy atom. The van der Waals surface area contributed by atoms with Gasteiger partial charge in [0, 0.05) is 11.8 Å². The highest BCUT2D eigenvalue weighted by atomic mass is 16.4. The first-order valence-corrected chi connectivity index (χ1v) is 19.6. The number of amides is 1. The number of nitrogens with zero attached hydrogens (tertiary/aromatic N) is 2. The largest absolute Gasteiger partial charge is 0.480 e. The highest BCUT2D eigenvalue weighted by Gasteiger charge is 2.69. The van der Waals surface area contributed by atoms with E-state index in [1.54, 1.807) is 0 Å². The van der Waals surface area contributed by atoms with Gasteiger partial charge in [-0.05, 0) is 115 Å². The molecule has 0 bridgehead atoms. The van der Waals surface area contributed by atoms with E-state index in [1.807, 2.05) is 30.3 Å². The SMILES string of the molecule is CC1(C)CC[C@]2(C(=O)N[C@@H](Cc3ccccc3)C(=O)O)CC[C@]3(C)C(=CC[C@@H]4[C@@]5(C)Cc6nc7ccccc7nc6C(C)(C)[C@@H]5CC[C@]43C)[C@@H]2C1. The van der Waals surface area contributed by atoms with Crippen molar-refractivity contribution in [1.29, 1.82) is 0 Å². The molecule has 2 N–H and O–H groups in total. The standard InChI is InChI=1S/C45H57N3O3/c1-40(2)21-23-45(39(51)48-33(38(49)50)25-28-13-9-8-10-14-28)24-22-43(6)29(30(45)26-40)17-18-36-42(5)27-34-37(47-32-16-12-11-15-31(32)46-34)41(3,4)35(42)19-20-44(36,43)7/h8-17,30,33,35-36H,18-27H2,1-7H3,(H,48,51)(H,49,50)/t30-,33-,35-,36+,42-,43+,44+,45-/m0/s1. The summed E-state index contributed by atoms with van der Waals surface area (Å²) in [7, 11) is 0. The lowest BCUT2D eigenvalue weighted by atomic mass is 9.33. The number of carboxylic acid groups (broad SMARTS) is 1. The molecule has 0 spiro atoms. The molecule has 270 valence electrons. The number of aromatic nitrogens is 2. The van der Waals surface area contributed by atoms with Crippen molar-refractivity contribution in [1.82, 2.24) is 15.3 Å². The van der Waals surface area contributed by atoms with Gasteiger partial charge in [0.1, 0.15) is 6.04 Å². The number of aliphatic carboxylic acids is 1. The summed E-state index contributed by atoms with van der Waals surface area (Å²) >= 11 is 0. The van der Waals surface area contributed by atoms with Crippen LogP contribution in [-0.2, 0) is 27.8 Å². The summed E-state index contributed by atoms with van der Waals surface area (Å²) in [6.45, 7) is 17.3. The zero-order valence-electron chi connectivity index (χ0n) is 31.8. The lowest BCUT2D eigenvalue weighted by Crippen LogP contribution is -2.65. The maximum Gasteiger partial charge on any atom is 0.326 e. The Hall–Kier alpha value is -3.54. The molecule has 51 heavy (non-hydrogen) atoms. The Balaban J connectivity index is 1.16. The zero-order valence-corrected chi connectivity index (χ0v) is 31.8. The van der Waals surface area contributed by atoms with Crippen molar-refractivity contribution < 1.29 is 14.7 Å². The van der Waals surface area contributed by atoms with Gasteiger partial charge in [0.2, 0.25) is 5.91 Å². The molecule has 8 atom stereocenters. The number of allylic oxidation sites excluding steroid dienone is 2. The van der Waals surface area contributed by atoms with Crippen LogP contribution in [0.3, 0.4) is 0 Å². The van der Waals surface area contributed by atoms with Crippen molar-refractivity contribution in [2.45, 2.75) is 124 Å². The predicted molar refractivity (Wildman–Crippen MR) is 202 cm³/mol. The van der Waals surface area contributed by atoms with Gasteiger partial charge in [-0.25, -0.2) is 14.8 Å². The van der Waals surface area contributed by atoms with E-state index in [4.69, 9.17) is 9.97 Å². The molecule has 0 saturated heterocycles. The van der Waals surface area contributed by atoms with E-state index in [0.29, 0.717) is 11.8 Å². The van der Waals surface area contributed by atoms with Gasteiger partial charge in [0.05, 0.1) is 27.8 Å². The van der Waals surface area contributed by atoms with Crippen molar-refractivity contribution in [3.8, 4) is 0 Å². The van der Waals surface area contributed by atoms with E-state index < -0.39 is 17.4 Å². The first kappa shape index (κ1) is 34.5. The lowest BCUT2D eigenvalue weighted by Gasteiger charge is -2.70. The number of carbonyl (C=O) groups excluding carboxylic acids is 1. The van der Waals surface area contributed by atoms with Gasteiger partial charge in [0.15, 0.2) is 0 Å². The second-order valence-electron chi connectivity index (χ2n) is 19.3. The van der Waals surface area contributed by atoms with Crippen LogP contribution in [0.4, 0.5) is 0 Å². The minimum atomic E-state index is -0.969. The van der Waals surface area contributed by atoms with Crippen molar-refractivity contribution in [3.63, 3.8) is 0 Å². The summed E-state index contributed by atoms with van der Waals surface area (Å²) < 4.78 is 0. The quantitative estimate of drug-likeness (QED) is 0.261. The van der Waals surface area contributed by atoms with Crippen molar-refractivity contribution in [3.05, 3.63) is 83.2 Å². The molecule has 0 radical (unpaired) electrons. The van der Waals surface area contributed by atoms with Gasteiger partial charge in [-0.3, -0.25) is 4.79 Å². The Bertz CT molecular complexity index is 1930. The Morgan fingerprint density at radius 3 is 2.22 bits per heavy atom. The summed E-state index contributed by atoms with van der Waals surface area (Å²) in [5.41, 5.74) is 6.31. The Kier molecular flexibility index (Phi) is 7.77. The molecule has 3 saturated carbocycles. The van der Waals surface area contributed by atoms with Gasteiger partial charge in [0.25, 0.3) is 0 Å². The number of nitrogens with one attached hydrogen (secondary N) is 1. The fraction of sp³-hybridized carbons (Fsp3) is 0.600. The van der Waals surface area contributed by atoms with Gasteiger partial charge >= 0.3 is 5.97 Å². The van der Waals surface area contributed by atoms with Crippen LogP contribution in [0.5, 0.6) is 0 Å². The Labute approximate surface area is 304 Å². The van der Waals surface area contributed by atoms with Gasteiger partial charge in [-0.1, -0.05) is 103 Å². The van der Waals surface area contributed by atoms with Crippen molar-refractivity contribution in [2.75, 3.05) is 0 Å². The summed E-state index contributed by atoms with van der Waals surface area (Å²) in [5, 5.41) is 13.4. The average Bonchev–Trinajstić information content (AvgIpc) is 3.07. The van der Waals surface area contributed by atoms with Crippen molar-refractivity contribution in [2.24, 2.45) is 44.8 Å². The van der Waals surface area contributed by atoms with Gasteiger partial charge < -0.3 is 10.4 Å². The smallest absolute Gasteiger partial charge is 0.326 e. The van der Waals surface area contributed by atoms with Crippen LogP contribution in [0, 0.1) is 44.8 Å². The number of hydrogen-bond donors (Lipinski definition) is 2. The number of para-hydroxylation sites is 2. The summed E-state index contributed by atoms with van der Waals surface area (Å²) in [6.07, 6.45) is 11.7. The Morgan fingerprint density at radius 2 is 1.51 bits per heavy atom. The molecule has 3 aromatic rings. The first-order valence-electron chi connectivity index (χ1n) is 19.6. The molecule has 6 heteroatoms. The second-order valence-corrected chi connectivity index (χ2v) is 19.3. The highest BCUT2D eigenvalue weighted by molar-refractivity contribution is 5.88. The first-order chi connectivity index (χ1) is 24.0. The van der Waals surface area contributed by atoms with Crippen LogP contribution >= 0.6 is 0 Å². The van der Waals surface area contributed by atoms with Gasteiger partial charge in [-0.2, -0.15) is 0 Å². The topological polar surface area (TPSA) is 92.2 Å². The van der Waals surface area contributed by atoms with Crippen LogP contribution in [0.25, 0.3) is 11.0 Å². The van der Waals surface area contributed by atoms with E-state index in [9.17, 15) is 14.7 Å². The molecule has 2 aromatic carbocycles. The molecule has 5 aliphatic carbocycles. The average molecular weight is 688 g/mol. The predicted octanol–water partition coefficient (Wildman–Crippen LogP) is 9.26. The third kappa shape index (κ3) is 5.00. The van der Waals surface area contributed by atoms with Crippen LogP contribution < -0.4 is 5.32 Å². The molecule has 5 aliphatic rings. The molecular weight excluding hydrogens is 631 g/mol. The normalized spacial score (nSPS) is 36.6. The van der Waals surface area contributed by atoms with E-state index in [1.165, 1.54) is 23.4 Å². The third-order valence-electron chi connectivity index (χ3n) is 15.9. The summed E-state index contributed by atoms with van der Waals surface area (Å²) in [6, 6.07) is 17.0. The molecule has 6 nitrogen and oxygen atoms in total. The monoisotopic (exact) mass is 687 g/mol. The lowest BCUT2D eigenvalue weighted by molar-refractivity contribution is -0.169. The highest BCUT2D eigenvalue weighted by Crippen LogP contribution is 2.75. The second kappa shape index (κ2) is 11.5. The number of carboxylic acids is 1. The molecule has 0 unspecified atom stereocenters. The fourth-order valence-electron chi connectivity index (χ4n) is 13.0. The van der Waals surface area contributed by atoms with Gasteiger partial charge in [-0.15, -0.1) is 0 Å². The third-order valence-corrected chi connectivity index (χ3v) is 15.9. The van der Waals surface area contributed by atoms with Crippen LogP contribution in [0.2, 0.25) is 0 Å². The van der Waals surface area contributed by atoms with E-state index >= 15 is 0 Å². The zero-order chi connectivity index (χ0) is 36.2. The number of fused-ring (bicyclic) bond motifs is 9. The molecule has 0 aliphatic heterocycles. The van der Waals surface area contributed by atoms with Crippen LogP contribution in [0.1, 0.15) is 117 Å². The molecule has 1 aromatic heterocycles. The van der Waals surface area contributed by atoms with E-state index in [2.05, 4.69) is 84.1 Å². The van der Waals surface area contributed by atoms with E-state index in [-0.39, 0.29) is 45.3 Å². The number of rotatable bonds is 5. The minimum absolute atomic E-state index is 0.0402. The van der Waals surface area contributed by atoms with Crippen molar-refractivity contribution >= 4 is 22.9 Å². The molecule has 1 heterocycles. The fourth-order valence-corrected chi connectivity index (χ4v) is 13.0. The minimum Gasteiger partial charge on any atom is -0.480 e. The maximum atomic E-state index is 14.7. The molecule has 1 amide bonds. The van der Waals surface area contributed by atoms with Crippen LogP contribution in [0.15, 0.2) is 66.2 Å².